The zero-order valence-corrected chi connectivity index (χ0v) is 11.6. The first kappa shape index (κ1) is 12.5. The Morgan fingerprint density at radius 1 is 1.15 bits per heavy atom. The van der Waals surface area contributed by atoms with E-state index in [1.54, 1.807) is 0 Å². The highest BCUT2D eigenvalue weighted by molar-refractivity contribution is 5.86. The Balaban J connectivity index is 1.86. The highest BCUT2D eigenvalue weighted by Gasteiger charge is 2.12. The first-order valence-corrected chi connectivity index (χ1v) is 6.55. The summed E-state index contributed by atoms with van der Waals surface area (Å²) in [6.07, 6.45) is 0. The Morgan fingerprint density at radius 3 is 2.60 bits per heavy atom. The van der Waals surface area contributed by atoms with Crippen LogP contribution in [0.25, 0.3) is 11.1 Å². The predicted octanol–water partition coefficient (Wildman–Crippen LogP) is 3.35. The summed E-state index contributed by atoms with van der Waals surface area (Å²) in [5.41, 5.74) is 10.4. The second-order valence-corrected chi connectivity index (χ2v) is 5.03. The van der Waals surface area contributed by atoms with Gasteiger partial charge in [0.25, 0.3) is 6.01 Å². The number of nitrogen functional groups attached to an aromatic ring is 1. The molecule has 0 radical (unpaired) electrons. The van der Waals surface area contributed by atoms with Crippen LogP contribution in [0.2, 0.25) is 0 Å². The van der Waals surface area contributed by atoms with Crippen molar-refractivity contribution in [1.29, 1.82) is 0 Å². The average Bonchev–Trinajstić information content (AvgIpc) is 2.87. The molecule has 1 heterocycles. The summed E-state index contributed by atoms with van der Waals surface area (Å²) in [7, 11) is 1.96. The number of aryl methyl sites for hydroxylation is 1. The second-order valence-electron chi connectivity index (χ2n) is 5.03. The van der Waals surface area contributed by atoms with Gasteiger partial charge in [-0.25, -0.2) is 0 Å². The summed E-state index contributed by atoms with van der Waals surface area (Å²) in [6, 6.07) is 14.6. The average molecular weight is 267 g/mol. The van der Waals surface area contributed by atoms with Crippen molar-refractivity contribution in [3.8, 4) is 0 Å². The Kier molecular flexibility index (Phi) is 3.06. The Labute approximate surface area is 117 Å². The Hall–Kier alpha value is -2.49. The maximum Gasteiger partial charge on any atom is 0.298 e. The lowest BCUT2D eigenvalue weighted by atomic mass is 10.1. The molecule has 0 aliphatic carbocycles. The number of benzene rings is 2. The molecule has 3 aromatic rings. The normalized spacial score (nSPS) is 10.9. The van der Waals surface area contributed by atoms with Gasteiger partial charge in [-0.2, -0.15) is 4.98 Å². The van der Waals surface area contributed by atoms with Crippen LogP contribution in [0.3, 0.4) is 0 Å². The van der Waals surface area contributed by atoms with Crippen molar-refractivity contribution in [2.45, 2.75) is 13.5 Å². The van der Waals surface area contributed by atoms with Gasteiger partial charge in [-0.3, -0.25) is 0 Å². The van der Waals surface area contributed by atoms with Crippen LogP contribution in [-0.4, -0.2) is 12.0 Å². The minimum Gasteiger partial charge on any atom is -0.423 e. The van der Waals surface area contributed by atoms with E-state index in [0.29, 0.717) is 11.7 Å². The molecule has 1 aromatic heterocycles. The van der Waals surface area contributed by atoms with Gasteiger partial charge in [-0.05, 0) is 24.6 Å². The molecule has 3 rings (SSSR count). The molecule has 0 saturated heterocycles. The minimum atomic E-state index is 0.582. The van der Waals surface area contributed by atoms with Gasteiger partial charge in [0.1, 0.15) is 5.52 Å². The molecule has 0 spiro atoms. The van der Waals surface area contributed by atoms with E-state index in [2.05, 4.69) is 36.2 Å². The van der Waals surface area contributed by atoms with Gasteiger partial charge >= 0.3 is 0 Å². The van der Waals surface area contributed by atoms with E-state index in [9.17, 15) is 0 Å². The van der Waals surface area contributed by atoms with E-state index < -0.39 is 0 Å². The Bertz CT molecular complexity index is 731. The first-order valence-electron chi connectivity index (χ1n) is 6.55. The summed E-state index contributed by atoms with van der Waals surface area (Å²) in [4.78, 5) is 6.44. The molecular weight excluding hydrogens is 250 g/mol. The quantitative estimate of drug-likeness (QED) is 0.739. The van der Waals surface area contributed by atoms with Crippen LogP contribution in [0.15, 0.2) is 46.9 Å². The Morgan fingerprint density at radius 2 is 1.90 bits per heavy atom. The van der Waals surface area contributed by atoms with Crippen molar-refractivity contribution < 1.29 is 4.42 Å². The van der Waals surface area contributed by atoms with Crippen LogP contribution < -0.4 is 10.6 Å². The SMILES string of the molecule is Cc1ccc(CN(C)c2nc3c(N)cccc3o2)cc1. The maximum atomic E-state index is 5.90. The summed E-state index contributed by atoms with van der Waals surface area (Å²) < 4.78 is 5.74. The highest BCUT2D eigenvalue weighted by atomic mass is 16.4. The topological polar surface area (TPSA) is 55.3 Å². The highest BCUT2D eigenvalue weighted by Crippen LogP contribution is 2.26. The van der Waals surface area contributed by atoms with Crippen LogP contribution in [0.5, 0.6) is 0 Å². The van der Waals surface area contributed by atoms with Gasteiger partial charge in [0.05, 0.1) is 5.69 Å². The number of nitrogens with zero attached hydrogens (tertiary/aromatic N) is 2. The van der Waals surface area contributed by atoms with Gasteiger partial charge < -0.3 is 15.1 Å². The minimum absolute atomic E-state index is 0.582. The molecular formula is C16H17N3O. The van der Waals surface area contributed by atoms with Gasteiger partial charge in [-0.1, -0.05) is 35.9 Å². The molecule has 0 atom stereocenters. The zero-order chi connectivity index (χ0) is 14.1. The smallest absolute Gasteiger partial charge is 0.298 e. The van der Waals surface area contributed by atoms with E-state index in [1.807, 2.05) is 30.1 Å². The molecule has 0 fully saturated rings. The molecule has 0 saturated carbocycles. The summed E-state index contributed by atoms with van der Waals surface area (Å²) in [6.45, 7) is 2.82. The molecule has 102 valence electrons. The van der Waals surface area contributed by atoms with E-state index >= 15 is 0 Å². The maximum absolute atomic E-state index is 5.90. The van der Waals surface area contributed by atoms with Gasteiger partial charge in [0.15, 0.2) is 5.58 Å². The number of oxazole rings is 1. The van der Waals surface area contributed by atoms with E-state index in [4.69, 9.17) is 10.2 Å². The van der Waals surface area contributed by atoms with Crippen LogP contribution >= 0.6 is 0 Å². The van der Waals surface area contributed by atoms with Crippen molar-refractivity contribution in [2.24, 2.45) is 0 Å². The molecule has 0 amide bonds. The number of aromatic nitrogens is 1. The van der Waals surface area contributed by atoms with E-state index in [0.717, 1.165) is 17.6 Å². The molecule has 0 bridgehead atoms. The number of para-hydroxylation sites is 1. The van der Waals surface area contributed by atoms with Crippen molar-refractivity contribution in [3.05, 3.63) is 53.6 Å². The standard InChI is InChI=1S/C16H17N3O/c1-11-6-8-12(9-7-11)10-19(2)16-18-15-13(17)4-3-5-14(15)20-16/h3-9H,10,17H2,1-2H3. The monoisotopic (exact) mass is 267 g/mol. The van der Waals surface area contributed by atoms with Gasteiger partial charge in [0.2, 0.25) is 0 Å². The third-order valence-corrected chi connectivity index (χ3v) is 3.31. The summed E-state index contributed by atoms with van der Waals surface area (Å²) in [5, 5.41) is 0. The van der Waals surface area contributed by atoms with Gasteiger partial charge in [-0.15, -0.1) is 0 Å². The predicted molar refractivity (Wildman–Crippen MR) is 81.7 cm³/mol. The van der Waals surface area contributed by atoms with Crippen molar-refractivity contribution >= 4 is 22.8 Å². The molecule has 2 N–H and O–H groups in total. The largest absolute Gasteiger partial charge is 0.423 e. The molecule has 4 heteroatoms. The number of hydrogen-bond acceptors (Lipinski definition) is 4. The van der Waals surface area contributed by atoms with E-state index in [1.165, 1.54) is 11.1 Å². The number of nitrogens with two attached hydrogens (primary N) is 1. The number of fused-ring (bicyclic) bond motifs is 1. The fourth-order valence-corrected chi connectivity index (χ4v) is 2.16. The van der Waals surface area contributed by atoms with Crippen LogP contribution in [0.1, 0.15) is 11.1 Å². The van der Waals surface area contributed by atoms with Gasteiger partial charge in [0, 0.05) is 13.6 Å². The second kappa shape index (κ2) is 4.89. The molecule has 0 unspecified atom stereocenters. The fourth-order valence-electron chi connectivity index (χ4n) is 2.16. The lowest BCUT2D eigenvalue weighted by molar-refractivity contribution is 0.582. The fraction of sp³-hybridized carbons (Fsp3) is 0.188. The lowest BCUT2D eigenvalue weighted by Gasteiger charge is -2.14. The van der Waals surface area contributed by atoms with Crippen molar-refractivity contribution in [2.75, 3.05) is 17.7 Å². The number of anilines is 2. The number of rotatable bonds is 3. The van der Waals surface area contributed by atoms with Crippen LogP contribution in [0.4, 0.5) is 11.7 Å². The zero-order valence-electron chi connectivity index (χ0n) is 11.6. The summed E-state index contributed by atoms with van der Waals surface area (Å²) in [5.74, 6) is 0. The van der Waals surface area contributed by atoms with E-state index in [-0.39, 0.29) is 0 Å². The lowest BCUT2D eigenvalue weighted by Crippen LogP contribution is -2.16. The number of hydrogen-bond donors (Lipinski definition) is 1. The first-order chi connectivity index (χ1) is 9.63. The molecule has 0 aliphatic rings. The van der Waals surface area contributed by atoms with Crippen molar-refractivity contribution in [1.82, 2.24) is 4.98 Å². The summed E-state index contributed by atoms with van der Waals surface area (Å²) >= 11 is 0. The van der Waals surface area contributed by atoms with Crippen LogP contribution in [-0.2, 0) is 6.54 Å². The molecule has 2 aromatic carbocycles. The van der Waals surface area contributed by atoms with Crippen LogP contribution in [0, 0.1) is 6.92 Å². The molecule has 0 aliphatic heterocycles. The van der Waals surface area contributed by atoms with Crippen molar-refractivity contribution in [3.63, 3.8) is 0 Å². The molecule has 4 nitrogen and oxygen atoms in total. The third kappa shape index (κ3) is 2.32. The third-order valence-electron chi connectivity index (χ3n) is 3.31. The molecule has 20 heavy (non-hydrogen) atoms.